The second-order valence-electron chi connectivity index (χ2n) is 9.53. The molecule has 0 saturated carbocycles. The van der Waals surface area contributed by atoms with Crippen molar-refractivity contribution in [3.8, 4) is 0 Å². The maximum Gasteiger partial charge on any atom is 0.333 e. The summed E-state index contributed by atoms with van der Waals surface area (Å²) in [5.74, 6) is -0.859. The fourth-order valence-corrected chi connectivity index (χ4v) is 5.23. The molecule has 4 rings (SSSR count). The van der Waals surface area contributed by atoms with Gasteiger partial charge in [-0.2, -0.15) is 15.3 Å². The SMILES string of the molecule is C=C(C)C(=O)OCCCCc1cc2cc(/N=N/c3ccc(/N=N/c4ccc(N(CC)CC)cc4)c(F)c3)ccc2s1. The van der Waals surface area contributed by atoms with Gasteiger partial charge in [-0.15, -0.1) is 16.5 Å². The van der Waals surface area contributed by atoms with Crippen LogP contribution in [0.3, 0.4) is 0 Å². The number of fused-ring (bicyclic) bond motifs is 1. The van der Waals surface area contributed by atoms with Gasteiger partial charge in [-0.05, 0) is 106 Å². The van der Waals surface area contributed by atoms with Gasteiger partial charge >= 0.3 is 5.97 Å². The lowest BCUT2D eigenvalue weighted by Gasteiger charge is -2.20. The van der Waals surface area contributed by atoms with Gasteiger partial charge in [0.15, 0.2) is 5.82 Å². The minimum atomic E-state index is -0.516. The summed E-state index contributed by atoms with van der Waals surface area (Å²) in [6.07, 6.45) is 2.63. The van der Waals surface area contributed by atoms with Gasteiger partial charge in [0.1, 0.15) is 5.69 Å². The third-order valence-electron chi connectivity index (χ3n) is 6.41. The van der Waals surface area contributed by atoms with Crippen LogP contribution < -0.4 is 4.90 Å². The van der Waals surface area contributed by atoms with Crippen LogP contribution in [0, 0.1) is 5.82 Å². The normalized spacial score (nSPS) is 11.5. The van der Waals surface area contributed by atoms with E-state index in [1.54, 1.807) is 30.4 Å². The van der Waals surface area contributed by atoms with E-state index in [9.17, 15) is 9.18 Å². The topological polar surface area (TPSA) is 79.0 Å². The van der Waals surface area contributed by atoms with E-state index >= 15 is 0 Å². The number of anilines is 1. The number of carbonyl (C=O) groups excluding carboxylic acids is 1. The van der Waals surface area contributed by atoms with Gasteiger partial charge in [0.2, 0.25) is 0 Å². The van der Waals surface area contributed by atoms with Crippen molar-refractivity contribution in [1.82, 2.24) is 0 Å². The molecule has 0 spiro atoms. The fourth-order valence-electron chi connectivity index (χ4n) is 4.15. The van der Waals surface area contributed by atoms with E-state index in [4.69, 9.17) is 4.74 Å². The Morgan fingerprint density at radius 2 is 1.54 bits per heavy atom. The Kier molecular flexibility index (Phi) is 10.5. The molecule has 0 radical (unpaired) electrons. The molecule has 0 fully saturated rings. The molecular formula is C32H34FN5O2S. The molecule has 0 aliphatic rings. The molecule has 0 saturated heterocycles. The molecular weight excluding hydrogens is 537 g/mol. The number of unbranched alkanes of at least 4 members (excludes halogenated alkanes) is 1. The van der Waals surface area contributed by atoms with Crippen LogP contribution in [0.5, 0.6) is 0 Å². The van der Waals surface area contributed by atoms with Crippen molar-refractivity contribution in [2.24, 2.45) is 20.5 Å². The van der Waals surface area contributed by atoms with Crippen LogP contribution in [0.25, 0.3) is 10.1 Å². The Balaban J connectivity index is 1.33. The van der Waals surface area contributed by atoms with Crippen molar-refractivity contribution in [1.29, 1.82) is 0 Å². The van der Waals surface area contributed by atoms with Gasteiger partial charge in [-0.3, -0.25) is 0 Å². The Hall–Kier alpha value is -4.24. The van der Waals surface area contributed by atoms with Gasteiger partial charge in [0, 0.05) is 40.0 Å². The van der Waals surface area contributed by atoms with E-state index in [-0.39, 0.29) is 11.7 Å². The van der Waals surface area contributed by atoms with E-state index in [1.807, 2.05) is 42.5 Å². The number of hydrogen-bond acceptors (Lipinski definition) is 8. The van der Waals surface area contributed by atoms with E-state index < -0.39 is 5.82 Å². The smallest absolute Gasteiger partial charge is 0.333 e. The first-order valence-corrected chi connectivity index (χ1v) is 14.5. The largest absolute Gasteiger partial charge is 0.462 e. The highest BCUT2D eigenvalue weighted by Crippen LogP contribution is 2.32. The Morgan fingerprint density at radius 3 is 2.22 bits per heavy atom. The van der Waals surface area contributed by atoms with Crippen molar-refractivity contribution in [2.45, 2.75) is 40.0 Å². The fraction of sp³-hybridized carbons (Fsp3) is 0.281. The summed E-state index contributed by atoms with van der Waals surface area (Å²) in [4.78, 5) is 14.9. The van der Waals surface area contributed by atoms with Crippen molar-refractivity contribution >= 4 is 55.8 Å². The number of benzene rings is 3. The summed E-state index contributed by atoms with van der Waals surface area (Å²) in [7, 11) is 0. The molecule has 4 aromatic rings. The molecule has 9 heteroatoms. The number of aryl methyl sites for hydroxylation is 1. The molecule has 3 aromatic carbocycles. The summed E-state index contributed by atoms with van der Waals surface area (Å²) >= 11 is 1.73. The number of hydrogen-bond donors (Lipinski definition) is 0. The van der Waals surface area contributed by atoms with Crippen LogP contribution in [0.1, 0.15) is 38.5 Å². The molecule has 0 N–H and O–H groups in total. The molecule has 0 unspecified atom stereocenters. The molecule has 0 atom stereocenters. The van der Waals surface area contributed by atoms with E-state index in [1.165, 1.54) is 10.9 Å². The number of thiophene rings is 1. The first-order valence-electron chi connectivity index (χ1n) is 13.7. The van der Waals surface area contributed by atoms with Crippen LogP contribution in [-0.4, -0.2) is 25.7 Å². The summed E-state index contributed by atoms with van der Waals surface area (Å²) in [5.41, 5.74) is 3.40. The van der Waals surface area contributed by atoms with Gasteiger partial charge in [0.25, 0.3) is 0 Å². The maximum absolute atomic E-state index is 14.7. The van der Waals surface area contributed by atoms with Gasteiger partial charge < -0.3 is 9.64 Å². The number of ether oxygens (including phenoxy) is 1. The Bertz CT molecular complexity index is 1560. The summed E-state index contributed by atoms with van der Waals surface area (Å²) in [5, 5.41) is 17.8. The van der Waals surface area contributed by atoms with Crippen molar-refractivity contribution in [3.63, 3.8) is 0 Å². The zero-order valence-corrected chi connectivity index (χ0v) is 24.5. The van der Waals surface area contributed by atoms with E-state index in [0.29, 0.717) is 29.2 Å². The summed E-state index contributed by atoms with van der Waals surface area (Å²) < 4.78 is 21.0. The van der Waals surface area contributed by atoms with Gasteiger partial charge in [0.05, 0.1) is 23.7 Å². The summed E-state index contributed by atoms with van der Waals surface area (Å²) in [6.45, 7) is 11.7. The first-order chi connectivity index (χ1) is 19.9. The third-order valence-corrected chi connectivity index (χ3v) is 7.59. The number of halogens is 1. The van der Waals surface area contributed by atoms with Crippen molar-refractivity contribution < 1.29 is 13.9 Å². The lowest BCUT2D eigenvalue weighted by atomic mass is 10.2. The predicted molar refractivity (Wildman–Crippen MR) is 165 cm³/mol. The molecule has 1 heterocycles. The van der Waals surface area contributed by atoms with Crippen LogP contribution in [0.15, 0.2) is 99.3 Å². The highest BCUT2D eigenvalue weighted by Gasteiger charge is 2.07. The lowest BCUT2D eigenvalue weighted by Crippen LogP contribution is -2.21. The molecule has 212 valence electrons. The van der Waals surface area contributed by atoms with E-state index in [2.05, 4.69) is 51.8 Å². The Morgan fingerprint density at radius 1 is 0.878 bits per heavy atom. The quantitative estimate of drug-likeness (QED) is 0.0693. The van der Waals surface area contributed by atoms with Crippen molar-refractivity contribution in [2.75, 3.05) is 24.6 Å². The lowest BCUT2D eigenvalue weighted by molar-refractivity contribution is -0.139. The Labute approximate surface area is 244 Å². The van der Waals surface area contributed by atoms with Crippen LogP contribution in [-0.2, 0) is 16.0 Å². The number of rotatable bonds is 13. The molecule has 1 aromatic heterocycles. The number of azo groups is 2. The monoisotopic (exact) mass is 571 g/mol. The molecule has 0 amide bonds. The molecule has 41 heavy (non-hydrogen) atoms. The minimum absolute atomic E-state index is 0.137. The van der Waals surface area contributed by atoms with Gasteiger partial charge in [-0.25, -0.2) is 9.18 Å². The number of nitrogens with zero attached hydrogens (tertiary/aromatic N) is 5. The maximum atomic E-state index is 14.7. The average molecular weight is 572 g/mol. The van der Waals surface area contributed by atoms with E-state index in [0.717, 1.165) is 48.1 Å². The van der Waals surface area contributed by atoms with Crippen LogP contribution in [0.4, 0.5) is 32.8 Å². The zero-order valence-electron chi connectivity index (χ0n) is 23.6. The minimum Gasteiger partial charge on any atom is -0.462 e. The van der Waals surface area contributed by atoms with Crippen molar-refractivity contribution in [3.05, 3.63) is 89.6 Å². The second-order valence-corrected chi connectivity index (χ2v) is 10.7. The predicted octanol–water partition coefficient (Wildman–Crippen LogP) is 10.2. The molecule has 0 bridgehead atoms. The van der Waals surface area contributed by atoms with Crippen LogP contribution in [0.2, 0.25) is 0 Å². The summed E-state index contributed by atoms with van der Waals surface area (Å²) in [6, 6.07) is 20.3. The second kappa shape index (κ2) is 14.4. The number of esters is 1. The standard InChI is InChI=1S/C32H34FN5O2S/c1-5-38(6-2)27-14-10-24(11-15-27)34-37-30-16-12-26(21-29(30)33)36-35-25-13-17-31-23(19-25)20-28(41-31)9-7-8-18-40-32(39)22(3)4/h10-17,19-21H,3,5-9,18H2,1-2,4H3/b36-35+,37-34+. The number of carbonyl (C=O) groups is 1. The molecule has 7 nitrogen and oxygen atoms in total. The molecule has 0 aliphatic carbocycles. The highest BCUT2D eigenvalue weighted by atomic mass is 32.1. The van der Waals surface area contributed by atoms with Gasteiger partial charge in [-0.1, -0.05) is 6.58 Å². The highest BCUT2D eigenvalue weighted by molar-refractivity contribution is 7.19. The molecule has 0 aliphatic heterocycles. The zero-order chi connectivity index (χ0) is 29.2. The first kappa shape index (κ1) is 29.7. The third kappa shape index (κ3) is 8.38. The van der Waals surface area contributed by atoms with Crippen LogP contribution >= 0.6 is 11.3 Å². The average Bonchev–Trinajstić information content (AvgIpc) is 3.38.